The molecule has 0 aromatic heterocycles. The first-order valence-corrected chi connectivity index (χ1v) is 8.00. The average Bonchev–Trinajstić information content (AvgIpc) is 3.16. The van der Waals surface area contributed by atoms with Crippen molar-refractivity contribution >= 4 is 5.96 Å². The molecule has 1 fully saturated rings. The molecule has 1 N–H and O–H groups in total. The van der Waals surface area contributed by atoms with Crippen molar-refractivity contribution in [3.8, 4) is 5.75 Å². The van der Waals surface area contributed by atoms with E-state index in [1.54, 1.807) is 0 Å². The van der Waals surface area contributed by atoms with Crippen LogP contribution in [0.25, 0.3) is 0 Å². The van der Waals surface area contributed by atoms with E-state index >= 15 is 0 Å². The van der Waals surface area contributed by atoms with Gasteiger partial charge in [0.15, 0.2) is 5.96 Å². The zero-order valence-corrected chi connectivity index (χ0v) is 13.4. The Hall–Kier alpha value is -1.75. The number of guanidine groups is 1. The lowest BCUT2D eigenvalue weighted by atomic mass is 10.1. The third-order valence-electron chi connectivity index (χ3n) is 4.33. The van der Waals surface area contributed by atoms with Gasteiger partial charge in [-0.25, -0.2) is 0 Å². The van der Waals surface area contributed by atoms with Crippen LogP contribution in [0.5, 0.6) is 5.75 Å². The fourth-order valence-electron chi connectivity index (χ4n) is 3.16. The Labute approximate surface area is 132 Å². The lowest BCUT2D eigenvalue weighted by molar-refractivity contribution is 0.181. The molecule has 0 amide bonds. The minimum absolute atomic E-state index is 0.178. The van der Waals surface area contributed by atoms with E-state index in [1.165, 1.54) is 5.56 Å². The van der Waals surface area contributed by atoms with E-state index in [1.807, 2.05) is 19.2 Å². The quantitative estimate of drug-likeness (QED) is 0.677. The molecule has 1 aromatic carbocycles. The maximum absolute atomic E-state index is 5.96. The van der Waals surface area contributed by atoms with E-state index < -0.39 is 0 Å². The molecular weight excluding hydrogens is 278 g/mol. The predicted octanol–water partition coefficient (Wildman–Crippen LogP) is 1.53. The molecule has 1 saturated heterocycles. The predicted molar refractivity (Wildman–Crippen MR) is 87.5 cm³/mol. The van der Waals surface area contributed by atoms with Crippen LogP contribution in [0.2, 0.25) is 0 Å². The average molecular weight is 303 g/mol. The van der Waals surface area contributed by atoms with Gasteiger partial charge in [0.1, 0.15) is 11.9 Å². The van der Waals surface area contributed by atoms with Crippen LogP contribution in [0.4, 0.5) is 0 Å². The highest BCUT2D eigenvalue weighted by molar-refractivity contribution is 5.79. The molecule has 5 heteroatoms. The molecule has 3 rings (SSSR count). The standard InChI is InChI=1S/C17H25N3O2/c1-18-17(20(2)11-13-7-8-21-12-13)19-10-15-9-14-5-3-4-6-16(14)22-15/h3-6,13,15H,7-12H2,1-2H3,(H,18,19). The first-order valence-electron chi connectivity index (χ1n) is 8.00. The summed E-state index contributed by atoms with van der Waals surface area (Å²) >= 11 is 0. The molecule has 0 saturated carbocycles. The van der Waals surface area contributed by atoms with Crippen molar-refractivity contribution in [2.24, 2.45) is 10.9 Å². The SMILES string of the molecule is CN=C(NCC1Cc2ccccc2O1)N(C)CC1CCOC1. The van der Waals surface area contributed by atoms with Crippen molar-refractivity contribution in [2.45, 2.75) is 18.9 Å². The van der Waals surface area contributed by atoms with Gasteiger partial charge in [0.05, 0.1) is 13.2 Å². The van der Waals surface area contributed by atoms with Gasteiger partial charge in [0.2, 0.25) is 0 Å². The first kappa shape index (κ1) is 15.2. The molecule has 0 aliphatic carbocycles. The van der Waals surface area contributed by atoms with Crippen molar-refractivity contribution in [1.82, 2.24) is 10.2 Å². The van der Waals surface area contributed by atoms with E-state index in [0.29, 0.717) is 5.92 Å². The Kier molecular flexibility index (Phi) is 4.83. The summed E-state index contributed by atoms with van der Waals surface area (Å²) in [6.45, 7) is 3.50. The molecule has 5 nitrogen and oxygen atoms in total. The van der Waals surface area contributed by atoms with Gasteiger partial charge in [-0.1, -0.05) is 18.2 Å². The zero-order valence-electron chi connectivity index (χ0n) is 13.4. The van der Waals surface area contributed by atoms with E-state index in [4.69, 9.17) is 9.47 Å². The van der Waals surface area contributed by atoms with Crippen LogP contribution in [-0.4, -0.2) is 57.4 Å². The molecule has 120 valence electrons. The van der Waals surface area contributed by atoms with Crippen LogP contribution in [0.3, 0.4) is 0 Å². The minimum atomic E-state index is 0.178. The largest absolute Gasteiger partial charge is 0.488 e. The number of benzene rings is 1. The number of hydrogen-bond donors (Lipinski definition) is 1. The van der Waals surface area contributed by atoms with Gasteiger partial charge < -0.3 is 19.7 Å². The number of para-hydroxylation sites is 1. The van der Waals surface area contributed by atoms with E-state index in [0.717, 1.165) is 50.9 Å². The molecule has 2 atom stereocenters. The summed E-state index contributed by atoms with van der Waals surface area (Å²) in [5.41, 5.74) is 1.29. The summed E-state index contributed by atoms with van der Waals surface area (Å²) in [7, 11) is 3.91. The number of nitrogens with one attached hydrogen (secondary N) is 1. The molecule has 0 bridgehead atoms. The van der Waals surface area contributed by atoms with Crippen LogP contribution in [-0.2, 0) is 11.2 Å². The topological polar surface area (TPSA) is 46.1 Å². The molecule has 2 unspecified atom stereocenters. The Morgan fingerprint density at radius 2 is 2.27 bits per heavy atom. The zero-order chi connectivity index (χ0) is 15.4. The van der Waals surface area contributed by atoms with Crippen LogP contribution in [0.15, 0.2) is 29.3 Å². The molecule has 0 radical (unpaired) electrons. The van der Waals surface area contributed by atoms with Crippen LogP contribution in [0, 0.1) is 5.92 Å². The maximum atomic E-state index is 5.96. The van der Waals surface area contributed by atoms with Gasteiger partial charge in [0.25, 0.3) is 0 Å². The first-order chi connectivity index (χ1) is 10.8. The Morgan fingerprint density at radius 1 is 1.41 bits per heavy atom. The molecular formula is C17H25N3O2. The number of nitrogens with zero attached hydrogens (tertiary/aromatic N) is 2. The summed E-state index contributed by atoms with van der Waals surface area (Å²) in [4.78, 5) is 6.56. The van der Waals surface area contributed by atoms with Gasteiger partial charge in [-0.3, -0.25) is 4.99 Å². The van der Waals surface area contributed by atoms with Crippen LogP contribution >= 0.6 is 0 Å². The smallest absolute Gasteiger partial charge is 0.193 e. The second-order valence-electron chi connectivity index (χ2n) is 6.09. The highest BCUT2D eigenvalue weighted by Gasteiger charge is 2.23. The third kappa shape index (κ3) is 3.53. The van der Waals surface area contributed by atoms with Gasteiger partial charge in [-0.15, -0.1) is 0 Å². The molecule has 2 aliphatic rings. The summed E-state index contributed by atoms with van der Waals surface area (Å²) in [6.07, 6.45) is 2.28. The van der Waals surface area contributed by atoms with Crippen molar-refractivity contribution in [1.29, 1.82) is 0 Å². The van der Waals surface area contributed by atoms with Crippen molar-refractivity contribution in [2.75, 3.05) is 40.4 Å². The second kappa shape index (κ2) is 7.01. The number of fused-ring (bicyclic) bond motifs is 1. The third-order valence-corrected chi connectivity index (χ3v) is 4.33. The minimum Gasteiger partial charge on any atom is -0.488 e. The number of rotatable bonds is 4. The second-order valence-corrected chi connectivity index (χ2v) is 6.09. The highest BCUT2D eigenvalue weighted by Crippen LogP contribution is 2.27. The normalized spacial score (nSPS) is 24.0. The monoisotopic (exact) mass is 303 g/mol. The number of ether oxygens (including phenoxy) is 2. The van der Waals surface area contributed by atoms with Crippen molar-refractivity contribution < 1.29 is 9.47 Å². The van der Waals surface area contributed by atoms with Gasteiger partial charge in [-0.2, -0.15) is 0 Å². The van der Waals surface area contributed by atoms with E-state index in [9.17, 15) is 0 Å². The summed E-state index contributed by atoms with van der Waals surface area (Å²) in [5.74, 6) is 2.54. The molecule has 1 aromatic rings. The van der Waals surface area contributed by atoms with Gasteiger partial charge in [-0.05, 0) is 18.1 Å². The number of hydrogen-bond acceptors (Lipinski definition) is 3. The number of aliphatic imine (C=N–C) groups is 1. The lowest BCUT2D eigenvalue weighted by Crippen LogP contribution is -2.44. The fraction of sp³-hybridized carbons (Fsp3) is 0.588. The van der Waals surface area contributed by atoms with E-state index in [-0.39, 0.29) is 6.10 Å². The lowest BCUT2D eigenvalue weighted by Gasteiger charge is -2.25. The van der Waals surface area contributed by atoms with Gasteiger partial charge >= 0.3 is 0 Å². The summed E-state index contributed by atoms with van der Waals surface area (Å²) in [5, 5.41) is 3.43. The Balaban J connectivity index is 1.47. The summed E-state index contributed by atoms with van der Waals surface area (Å²) < 4.78 is 11.4. The molecule has 0 spiro atoms. The molecule has 2 heterocycles. The van der Waals surface area contributed by atoms with Crippen molar-refractivity contribution in [3.05, 3.63) is 29.8 Å². The van der Waals surface area contributed by atoms with Gasteiger partial charge in [0, 0.05) is 39.6 Å². The van der Waals surface area contributed by atoms with Crippen molar-refractivity contribution in [3.63, 3.8) is 0 Å². The highest BCUT2D eigenvalue weighted by atomic mass is 16.5. The fourth-order valence-corrected chi connectivity index (χ4v) is 3.16. The van der Waals surface area contributed by atoms with Crippen LogP contribution in [0.1, 0.15) is 12.0 Å². The van der Waals surface area contributed by atoms with E-state index in [2.05, 4.69) is 34.4 Å². The molecule has 22 heavy (non-hydrogen) atoms. The Morgan fingerprint density at radius 3 is 3.00 bits per heavy atom. The maximum Gasteiger partial charge on any atom is 0.193 e. The summed E-state index contributed by atoms with van der Waals surface area (Å²) in [6, 6.07) is 8.26. The van der Waals surface area contributed by atoms with Crippen LogP contribution < -0.4 is 10.1 Å². The molecule has 2 aliphatic heterocycles. The Bertz CT molecular complexity index is 501.